The van der Waals surface area contributed by atoms with E-state index in [9.17, 15) is 0 Å². The Hall–Kier alpha value is -1.36. The lowest BCUT2D eigenvalue weighted by molar-refractivity contribution is 0.219. The summed E-state index contributed by atoms with van der Waals surface area (Å²) in [7, 11) is 1.63. The number of nitrogens with one attached hydrogen (secondary N) is 1. The van der Waals surface area contributed by atoms with Gasteiger partial charge in [-0.25, -0.2) is 4.98 Å². The molecule has 0 radical (unpaired) electrons. The molecule has 19 heavy (non-hydrogen) atoms. The number of ether oxygens (including phenoxy) is 1. The van der Waals surface area contributed by atoms with E-state index >= 15 is 0 Å². The fraction of sp³-hybridized carbons (Fsp3) is 0.714. The number of piperidine rings is 1. The van der Waals surface area contributed by atoms with Crippen LogP contribution in [0.15, 0.2) is 6.07 Å². The predicted octanol–water partition coefficient (Wildman–Crippen LogP) is 2.08. The zero-order valence-corrected chi connectivity index (χ0v) is 12.1. The second-order valence-corrected chi connectivity index (χ2v) is 5.10. The fourth-order valence-electron chi connectivity index (χ4n) is 2.55. The van der Waals surface area contributed by atoms with Gasteiger partial charge in [-0.3, -0.25) is 0 Å². The van der Waals surface area contributed by atoms with Crippen LogP contribution in [0, 0.1) is 6.92 Å². The lowest BCUT2D eigenvalue weighted by Gasteiger charge is -2.32. The lowest BCUT2D eigenvalue weighted by Crippen LogP contribution is -2.39. The van der Waals surface area contributed by atoms with Crippen molar-refractivity contribution in [2.75, 3.05) is 32.1 Å². The number of nitrogens with zero attached hydrogens (tertiary/aromatic N) is 3. The highest BCUT2D eigenvalue weighted by Gasteiger charge is 2.18. The van der Waals surface area contributed by atoms with Crippen LogP contribution in [0.1, 0.15) is 32.0 Å². The number of rotatable bonds is 5. The second-order valence-electron chi connectivity index (χ2n) is 5.10. The van der Waals surface area contributed by atoms with Gasteiger partial charge in [0.25, 0.3) is 0 Å². The van der Waals surface area contributed by atoms with Crippen molar-refractivity contribution in [3.8, 4) is 5.88 Å². The van der Waals surface area contributed by atoms with Gasteiger partial charge >= 0.3 is 0 Å². The molecule has 5 nitrogen and oxygen atoms in total. The molecule has 1 aliphatic rings. The maximum Gasteiger partial charge on any atom is 0.218 e. The molecule has 5 heteroatoms. The summed E-state index contributed by atoms with van der Waals surface area (Å²) in [6.45, 7) is 7.68. The highest BCUT2D eigenvalue weighted by molar-refractivity contribution is 5.39. The molecule has 0 amide bonds. The van der Waals surface area contributed by atoms with Gasteiger partial charge in [0.2, 0.25) is 5.88 Å². The largest absolute Gasteiger partial charge is 0.481 e. The van der Waals surface area contributed by atoms with Crippen molar-refractivity contribution in [2.24, 2.45) is 0 Å². The van der Waals surface area contributed by atoms with E-state index in [1.165, 1.54) is 38.9 Å². The predicted molar refractivity (Wildman–Crippen MR) is 76.7 cm³/mol. The fourth-order valence-corrected chi connectivity index (χ4v) is 2.55. The molecule has 1 aliphatic heterocycles. The first-order valence-corrected chi connectivity index (χ1v) is 7.10. The third-order valence-electron chi connectivity index (χ3n) is 3.50. The van der Waals surface area contributed by atoms with Gasteiger partial charge in [0.05, 0.1) is 7.11 Å². The summed E-state index contributed by atoms with van der Waals surface area (Å²) >= 11 is 0. The summed E-state index contributed by atoms with van der Waals surface area (Å²) < 4.78 is 5.17. The van der Waals surface area contributed by atoms with Gasteiger partial charge in [-0.1, -0.05) is 6.92 Å². The molecule has 0 aliphatic carbocycles. The molecule has 1 saturated heterocycles. The minimum atomic E-state index is 0.507. The van der Waals surface area contributed by atoms with E-state index in [0.29, 0.717) is 11.9 Å². The van der Waals surface area contributed by atoms with Crippen LogP contribution in [0.25, 0.3) is 0 Å². The third kappa shape index (κ3) is 4.06. The van der Waals surface area contributed by atoms with E-state index in [0.717, 1.165) is 11.6 Å². The van der Waals surface area contributed by atoms with Gasteiger partial charge in [0.15, 0.2) is 0 Å². The molecule has 1 fully saturated rings. The normalized spacial score (nSPS) is 17.4. The van der Waals surface area contributed by atoms with Crippen molar-refractivity contribution >= 4 is 5.82 Å². The molecular formula is C14H24N4O. The van der Waals surface area contributed by atoms with Crippen LogP contribution in [0.3, 0.4) is 0 Å². The Bertz CT molecular complexity index is 402. The van der Waals surface area contributed by atoms with E-state index in [-0.39, 0.29) is 0 Å². The molecule has 0 saturated carbocycles. The van der Waals surface area contributed by atoms with E-state index in [1.807, 2.05) is 13.0 Å². The third-order valence-corrected chi connectivity index (χ3v) is 3.50. The lowest BCUT2D eigenvalue weighted by atomic mass is 10.0. The second kappa shape index (κ2) is 6.70. The average Bonchev–Trinajstić information content (AvgIpc) is 2.40. The standard InChI is InChI=1S/C14H24N4O/c1-4-7-18-8-5-12(6-9-18)17-13-10-14(19-3)16-11(2)15-13/h10,12H,4-9H2,1-3H3,(H,15,16,17). The van der Waals surface area contributed by atoms with Gasteiger partial charge in [0.1, 0.15) is 11.6 Å². The number of likely N-dealkylation sites (tertiary alicyclic amines) is 1. The van der Waals surface area contributed by atoms with E-state index < -0.39 is 0 Å². The van der Waals surface area contributed by atoms with Crippen LogP contribution in [0.2, 0.25) is 0 Å². The Balaban J connectivity index is 1.90. The van der Waals surface area contributed by atoms with Gasteiger partial charge in [0, 0.05) is 25.2 Å². The highest BCUT2D eigenvalue weighted by atomic mass is 16.5. The van der Waals surface area contributed by atoms with Crippen molar-refractivity contribution < 1.29 is 4.74 Å². The van der Waals surface area contributed by atoms with E-state index in [2.05, 4.69) is 27.1 Å². The molecular weight excluding hydrogens is 240 g/mol. The Kier molecular flexibility index (Phi) is 4.96. The van der Waals surface area contributed by atoms with Crippen molar-refractivity contribution in [1.82, 2.24) is 14.9 Å². The average molecular weight is 264 g/mol. The monoisotopic (exact) mass is 264 g/mol. The number of anilines is 1. The van der Waals surface area contributed by atoms with E-state index in [1.54, 1.807) is 7.11 Å². The molecule has 0 spiro atoms. The number of aryl methyl sites for hydroxylation is 1. The molecule has 1 aromatic heterocycles. The van der Waals surface area contributed by atoms with Crippen molar-refractivity contribution in [2.45, 2.75) is 39.2 Å². The minimum Gasteiger partial charge on any atom is -0.481 e. The van der Waals surface area contributed by atoms with Crippen molar-refractivity contribution in [1.29, 1.82) is 0 Å². The van der Waals surface area contributed by atoms with Crippen LogP contribution in [0.4, 0.5) is 5.82 Å². The SMILES string of the molecule is CCCN1CCC(Nc2cc(OC)nc(C)n2)CC1. The summed E-state index contributed by atoms with van der Waals surface area (Å²) in [5.74, 6) is 2.24. The van der Waals surface area contributed by atoms with Crippen LogP contribution in [-0.2, 0) is 0 Å². The smallest absolute Gasteiger partial charge is 0.218 e. The Morgan fingerprint density at radius 1 is 1.37 bits per heavy atom. The van der Waals surface area contributed by atoms with Crippen LogP contribution >= 0.6 is 0 Å². The Morgan fingerprint density at radius 2 is 2.11 bits per heavy atom. The van der Waals surface area contributed by atoms with Crippen LogP contribution in [0.5, 0.6) is 5.88 Å². The van der Waals surface area contributed by atoms with Gasteiger partial charge in [-0.05, 0) is 32.7 Å². The molecule has 0 bridgehead atoms. The molecule has 2 rings (SSSR count). The first-order valence-electron chi connectivity index (χ1n) is 7.10. The van der Waals surface area contributed by atoms with Crippen molar-refractivity contribution in [3.63, 3.8) is 0 Å². The Labute approximate surface area is 115 Å². The van der Waals surface area contributed by atoms with E-state index in [4.69, 9.17) is 4.74 Å². The minimum absolute atomic E-state index is 0.507. The first kappa shape index (κ1) is 14.1. The molecule has 0 unspecified atom stereocenters. The summed E-state index contributed by atoms with van der Waals surface area (Å²) in [5.41, 5.74) is 0. The van der Waals surface area contributed by atoms with Gasteiger partial charge < -0.3 is 15.0 Å². The number of methoxy groups -OCH3 is 1. The highest BCUT2D eigenvalue weighted by Crippen LogP contribution is 2.18. The first-order chi connectivity index (χ1) is 9.21. The van der Waals surface area contributed by atoms with Crippen LogP contribution in [-0.4, -0.2) is 47.7 Å². The summed E-state index contributed by atoms with van der Waals surface area (Å²) in [4.78, 5) is 11.1. The van der Waals surface area contributed by atoms with Crippen LogP contribution < -0.4 is 10.1 Å². The molecule has 1 aromatic rings. The van der Waals surface area contributed by atoms with Gasteiger partial charge in [-0.2, -0.15) is 4.98 Å². The summed E-state index contributed by atoms with van der Waals surface area (Å²) in [6, 6.07) is 2.37. The number of hydrogen-bond donors (Lipinski definition) is 1. The van der Waals surface area contributed by atoms with Crippen molar-refractivity contribution in [3.05, 3.63) is 11.9 Å². The maximum atomic E-state index is 5.17. The number of hydrogen-bond acceptors (Lipinski definition) is 5. The molecule has 2 heterocycles. The summed E-state index contributed by atoms with van der Waals surface area (Å²) in [5, 5.41) is 3.50. The zero-order valence-electron chi connectivity index (χ0n) is 12.1. The van der Waals surface area contributed by atoms with Gasteiger partial charge in [-0.15, -0.1) is 0 Å². The summed E-state index contributed by atoms with van der Waals surface area (Å²) in [6.07, 6.45) is 3.58. The number of aromatic nitrogens is 2. The quantitative estimate of drug-likeness (QED) is 0.882. The molecule has 106 valence electrons. The topological polar surface area (TPSA) is 50.3 Å². The molecule has 0 aromatic carbocycles. The molecule has 0 atom stereocenters. The zero-order chi connectivity index (χ0) is 13.7. The Morgan fingerprint density at radius 3 is 2.74 bits per heavy atom. The maximum absolute atomic E-state index is 5.17. The molecule has 1 N–H and O–H groups in total.